The van der Waals surface area contributed by atoms with E-state index in [1.165, 1.54) is 18.3 Å². The highest BCUT2D eigenvalue weighted by molar-refractivity contribution is 6.35. The molecule has 34 heavy (non-hydrogen) atoms. The van der Waals surface area contributed by atoms with Crippen molar-refractivity contribution in [2.45, 2.75) is 25.5 Å². The minimum absolute atomic E-state index is 0.0291. The smallest absolute Gasteiger partial charge is 0.262 e. The van der Waals surface area contributed by atoms with Crippen molar-refractivity contribution in [2.75, 3.05) is 0 Å². The van der Waals surface area contributed by atoms with Gasteiger partial charge in [-0.1, -0.05) is 65.7 Å². The molecule has 0 saturated carbocycles. The van der Waals surface area contributed by atoms with Crippen molar-refractivity contribution in [3.8, 4) is 11.5 Å². The van der Waals surface area contributed by atoms with E-state index < -0.39 is 24.0 Å². The van der Waals surface area contributed by atoms with Gasteiger partial charge in [-0.25, -0.2) is 5.43 Å². The van der Waals surface area contributed by atoms with Crippen LogP contribution in [-0.4, -0.2) is 35.3 Å². The second-order valence-electron chi connectivity index (χ2n) is 7.38. The van der Waals surface area contributed by atoms with E-state index in [1.54, 1.807) is 37.3 Å². The molecule has 3 aromatic carbocycles. The molecule has 3 rings (SSSR count). The Morgan fingerprint density at radius 2 is 1.74 bits per heavy atom. The first-order valence-corrected chi connectivity index (χ1v) is 11.2. The first-order chi connectivity index (χ1) is 16.3. The molecule has 0 aromatic heterocycles. The molecular formula is C25H23Cl2N3O4. The van der Waals surface area contributed by atoms with E-state index in [9.17, 15) is 14.7 Å². The zero-order valence-electron chi connectivity index (χ0n) is 18.2. The van der Waals surface area contributed by atoms with Gasteiger partial charge in [-0.3, -0.25) is 9.59 Å². The lowest BCUT2D eigenvalue weighted by Crippen LogP contribution is -2.50. The second-order valence-corrected chi connectivity index (χ2v) is 8.22. The van der Waals surface area contributed by atoms with Gasteiger partial charge in [0.2, 0.25) is 0 Å². The summed E-state index contributed by atoms with van der Waals surface area (Å²) in [4.78, 5) is 25.7. The van der Waals surface area contributed by atoms with Gasteiger partial charge in [-0.05, 0) is 42.8 Å². The quantitative estimate of drug-likeness (QED) is 0.301. The van der Waals surface area contributed by atoms with Crippen LogP contribution in [0.1, 0.15) is 18.1 Å². The number of phenols is 1. The van der Waals surface area contributed by atoms with Crippen molar-refractivity contribution in [1.82, 2.24) is 10.7 Å². The van der Waals surface area contributed by atoms with E-state index in [4.69, 9.17) is 27.9 Å². The van der Waals surface area contributed by atoms with Crippen molar-refractivity contribution >= 4 is 41.2 Å². The number of hydrogen-bond acceptors (Lipinski definition) is 5. The Balaban J connectivity index is 1.69. The summed E-state index contributed by atoms with van der Waals surface area (Å²) in [6.07, 6.45) is 0.622. The normalized spacial score (nSPS) is 12.7. The summed E-state index contributed by atoms with van der Waals surface area (Å²) in [5, 5.41) is 17.2. The van der Waals surface area contributed by atoms with Gasteiger partial charge >= 0.3 is 0 Å². The van der Waals surface area contributed by atoms with Gasteiger partial charge in [0.1, 0.15) is 17.5 Å². The Kier molecular flexibility index (Phi) is 8.90. The van der Waals surface area contributed by atoms with Crippen molar-refractivity contribution in [1.29, 1.82) is 0 Å². The number of nitrogens with zero attached hydrogens (tertiary/aromatic N) is 1. The Morgan fingerprint density at radius 1 is 1.03 bits per heavy atom. The summed E-state index contributed by atoms with van der Waals surface area (Å²) < 4.78 is 5.65. The second kappa shape index (κ2) is 12.1. The molecule has 3 N–H and O–H groups in total. The number of aromatic hydroxyl groups is 1. The number of benzene rings is 3. The van der Waals surface area contributed by atoms with E-state index in [2.05, 4.69) is 15.8 Å². The summed E-state index contributed by atoms with van der Waals surface area (Å²) >= 11 is 12.0. The van der Waals surface area contributed by atoms with Crippen LogP contribution in [0.3, 0.4) is 0 Å². The predicted octanol–water partition coefficient (Wildman–Crippen LogP) is 4.34. The number of carbonyl (C=O) groups is 2. The van der Waals surface area contributed by atoms with Gasteiger partial charge in [0.25, 0.3) is 11.8 Å². The SMILES string of the molecule is C[C@H](Oc1ccc(Cl)cc1Cl)C(=O)N[C@H](Cc1ccccc1)C(=O)N/N=C\c1ccccc1O. The number of rotatable bonds is 9. The fourth-order valence-corrected chi connectivity index (χ4v) is 3.46. The molecule has 0 bridgehead atoms. The van der Waals surface area contributed by atoms with Crippen LogP contribution in [0.5, 0.6) is 11.5 Å². The van der Waals surface area contributed by atoms with E-state index in [1.807, 2.05) is 30.3 Å². The number of halogens is 2. The fraction of sp³-hybridized carbons (Fsp3) is 0.160. The number of para-hydroxylation sites is 1. The largest absolute Gasteiger partial charge is 0.507 e. The molecule has 0 spiro atoms. The highest BCUT2D eigenvalue weighted by Gasteiger charge is 2.25. The predicted molar refractivity (Wildman–Crippen MR) is 132 cm³/mol. The maximum absolute atomic E-state index is 12.9. The molecule has 0 aliphatic heterocycles. The number of carbonyl (C=O) groups excluding carboxylic acids is 2. The number of nitrogens with one attached hydrogen (secondary N) is 2. The van der Waals surface area contributed by atoms with Crippen LogP contribution in [-0.2, 0) is 16.0 Å². The van der Waals surface area contributed by atoms with Crippen molar-refractivity contribution in [2.24, 2.45) is 5.10 Å². The topological polar surface area (TPSA) is 100 Å². The molecule has 3 aromatic rings. The van der Waals surface area contributed by atoms with Crippen LogP contribution in [0.15, 0.2) is 77.9 Å². The summed E-state index contributed by atoms with van der Waals surface area (Å²) in [7, 11) is 0. The Hall–Kier alpha value is -3.55. The third-order valence-electron chi connectivity index (χ3n) is 4.80. The summed E-state index contributed by atoms with van der Waals surface area (Å²) in [5.41, 5.74) is 3.70. The van der Waals surface area contributed by atoms with Gasteiger partial charge in [0.15, 0.2) is 6.10 Å². The monoisotopic (exact) mass is 499 g/mol. The molecule has 9 heteroatoms. The maximum Gasteiger partial charge on any atom is 0.262 e. The number of hydrogen-bond donors (Lipinski definition) is 3. The molecule has 7 nitrogen and oxygen atoms in total. The Labute approximate surface area is 207 Å². The van der Waals surface area contributed by atoms with Crippen molar-refractivity contribution in [3.05, 3.63) is 94.0 Å². The molecule has 0 saturated heterocycles. The summed E-state index contributed by atoms with van der Waals surface area (Å²) in [5.74, 6) is -0.709. The standard InChI is InChI=1S/C25H23Cl2N3O4/c1-16(34-23-12-11-19(26)14-20(23)27)24(32)29-21(13-17-7-3-2-4-8-17)25(33)30-28-15-18-9-5-6-10-22(18)31/h2-12,14-16,21,31H,13H2,1H3,(H,29,32)(H,30,33)/b28-15-/t16-,21+/m0/s1. The summed E-state index contributed by atoms with van der Waals surface area (Å²) in [6.45, 7) is 1.55. The fourth-order valence-electron chi connectivity index (χ4n) is 3.00. The average Bonchev–Trinajstić information content (AvgIpc) is 2.82. The third kappa shape index (κ3) is 7.23. The lowest BCUT2D eigenvalue weighted by atomic mass is 10.1. The number of phenolic OH excluding ortho intramolecular Hbond substituents is 1. The van der Waals surface area contributed by atoms with E-state index in [0.717, 1.165) is 5.56 Å². The van der Waals surface area contributed by atoms with Crippen molar-refractivity contribution in [3.63, 3.8) is 0 Å². The lowest BCUT2D eigenvalue weighted by molar-refractivity contribution is -0.132. The van der Waals surface area contributed by atoms with Gasteiger partial charge in [-0.15, -0.1) is 0 Å². The minimum Gasteiger partial charge on any atom is -0.507 e. The van der Waals surface area contributed by atoms with Crippen LogP contribution < -0.4 is 15.5 Å². The van der Waals surface area contributed by atoms with Gasteiger partial charge in [0, 0.05) is 17.0 Å². The molecule has 2 atom stereocenters. The first-order valence-electron chi connectivity index (χ1n) is 10.4. The average molecular weight is 500 g/mol. The molecule has 0 unspecified atom stereocenters. The summed E-state index contributed by atoms with van der Waals surface area (Å²) in [6, 6.07) is 19.6. The number of ether oxygens (including phenoxy) is 1. The first kappa shape index (κ1) is 25.1. The van der Waals surface area contributed by atoms with E-state index in [-0.39, 0.29) is 17.2 Å². The Bertz CT molecular complexity index is 1170. The Morgan fingerprint density at radius 3 is 2.44 bits per heavy atom. The molecule has 0 radical (unpaired) electrons. The van der Waals surface area contributed by atoms with Crippen LogP contribution in [0.2, 0.25) is 10.0 Å². The molecule has 0 fully saturated rings. The lowest BCUT2D eigenvalue weighted by Gasteiger charge is -2.21. The van der Waals surface area contributed by atoms with E-state index >= 15 is 0 Å². The van der Waals surface area contributed by atoms with Gasteiger partial charge < -0.3 is 15.2 Å². The van der Waals surface area contributed by atoms with Crippen LogP contribution >= 0.6 is 23.2 Å². The number of amides is 2. The van der Waals surface area contributed by atoms with Crippen LogP contribution in [0.4, 0.5) is 0 Å². The maximum atomic E-state index is 12.9. The third-order valence-corrected chi connectivity index (χ3v) is 5.33. The van der Waals surface area contributed by atoms with Crippen LogP contribution in [0.25, 0.3) is 0 Å². The highest BCUT2D eigenvalue weighted by atomic mass is 35.5. The number of hydrazone groups is 1. The molecular weight excluding hydrogens is 477 g/mol. The van der Waals surface area contributed by atoms with Gasteiger partial charge in [0.05, 0.1) is 11.2 Å². The molecule has 0 aliphatic rings. The molecule has 0 heterocycles. The van der Waals surface area contributed by atoms with E-state index in [0.29, 0.717) is 16.3 Å². The zero-order chi connectivity index (χ0) is 24.5. The van der Waals surface area contributed by atoms with Crippen LogP contribution in [0, 0.1) is 0 Å². The highest BCUT2D eigenvalue weighted by Crippen LogP contribution is 2.28. The molecule has 0 aliphatic carbocycles. The zero-order valence-corrected chi connectivity index (χ0v) is 19.8. The molecule has 176 valence electrons. The molecule has 2 amide bonds. The minimum atomic E-state index is -0.936. The van der Waals surface area contributed by atoms with Crippen molar-refractivity contribution < 1.29 is 19.4 Å². The van der Waals surface area contributed by atoms with Gasteiger partial charge in [-0.2, -0.15) is 5.10 Å².